The lowest BCUT2D eigenvalue weighted by atomic mass is 9.87. The summed E-state index contributed by atoms with van der Waals surface area (Å²) in [5.74, 6) is -1.73. The van der Waals surface area contributed by atoms with Crippen molar-refractivity contribution in [2.45, 2.75) is 72.1 Å². The molecule has 0 radical (unpaired) electrons. The molecule has 0 bridgehead atoms. The number of ether oxygens (including phenoxy) is 7. The fourth-order valence-corrected chi connectivity index (χ4v) is 4.24. The molecule has 1 aromatic carbocycles. The number of hydrogen-bond donors (Lipinski definition) is 0. The van der Waals surface area contributed by atoms with Crippen LogP contribution in [0.5, 0.6) is 11.5 Å². The van der Waals surface area contributed by atoms with Crippen LogP contribution in [0.3, 0.4) is 0 Å². The Balaban J connectivity index is 2.76. The molecule has 11 nitrogen and oxygen atoms in total. The number of esters is 4. The maximum atomic E-state index is 12.1. The van der Waals surface area contributed by atoms with Gasteiger partial charge in [-0.15, -0.1) is 0 Å². The number of methoxy groups -OCH3 is 2. The molecule has 0 aliphatic carbocycles. The standard InChI is InChI=1S/C24H32O11/c1-11-9-17(29-7)19(12(2)20(11)30-8)22-24(34-16(6)28)23(33-15(5)27)21(32-14(4)26)18(35-22)10-31-13(3)25/h9,18,21-24H,10H2,1-8H3/t18-,21-,22+,23+,24+/m1/s1. The van der Waals surface area contributed by atoms with Crippen molar-refractivity contribution in [2.75, 3.05) is 20.8 Å². The van der Waals surface area contributed by atoms with E-state index in [9.17, 15) is 19.2 Å². The second kappa shape index (κ2) is 11.9. The van der Waals surface area contributed by atoms with Crippen molar-refractivity contribution < 1.29 is 52.3 Å². The number of rotatable bonds is 8. The highest BCUT2D eigenvalue weighted by Gasteiger charge is 2.53. The molecule has 1 aliphatic heterocycles. The number of benzene rings is 1. The van der Waals surface area contributed by atoms with Gasteiger partial charge >= 0.3 is 23.9 Å². The molecule has 0 N–H and O–H groups in total. The smallest absolute Gasteiger partial charge is 0.303 e. The van der Waals surface area contributed by atoms with Crippen molar-refractivity contribution in [3.63, 3.8) is 0 Å². The molecule has 2 rings (SSSR count). The van der Waals surface area contributed by atoms with Crippen LogP contribution in [0.4, 0.5) is 0 Å². The predicted octanol–water partition coefficient (Wildman–Crippen LogP) is 2.12. The van der Waals surface area contributed by atoms with Gasteiger partial charge in [-0.1, -0.05) is 0 Å². The molecule has 1 aliphatic rings. The summed E-state index contributed by atoms with van der Waals surface area (Å²) in [6, 6.07) is 1.73. The Morgan fingerprint density at radius 2 is 1.34 bits per heavy atom. The Bertz CT molecular complexity index is 971. The quantitative estimate of drug-likeness (QED) is 0.387. The van der Waals surface area contributed by atoms with Gasteiger partial charge in [0, 0.05) is 38.8 Å². The van der Waals surface area contributed by atoms with Crippen LogP contribution in [0.25, 0.3) is 0 Å². The van der Waals surface area contributed by atoms with Crippen LogP contribution in [-0.4, -0.2) is 69.1 Å². The number of hydrogen-bond acceptors (Lipinski definition) is 11. The molecule has 0 spiro atoms. The minimum atomic E-state index is -1.28. The third-order valence-corrected chi connectivity index (χ3v) is 5.42. The minimum Gasteiger partial charge on any atom is -0.496 e. The van der Waals surface area contributed by atoms with E-state index in [2.05, 4.69) is 0 Å². The van der Waals surface area contributed by atoms with Crippen molar-refractivity contribution in [3.8, 4) is 11.5 Å². The molecule has 1 fully saturated rings. The highest BCUT2D eigenvalue weighted by atomic mass is 16.7. The van der Waals surface area contributed by atoms with Crippen LogP contribution in [0.2, 0.25) is 0 Å². The molecule has 194 valence electrons. The predicted molar refractivity (Wildman–Crippen MR) is 120 cm³/mol. The summed E-state index contributed by atoms with van der Waals surface area (Å²) in [6.07, 6.45) is -5.90. The van der Waals surface area contributed by atoms with E-state index in [1.165, 1.54) is 41.9 Å². The maximum absolute atomic E-state index is 12.1. The van der Waals surface area contributed by atoms with Gasteiger partial charge in [0.05, 0.1) is 14.2 Å². The fraction of sp³-hybridized carbons (Fsp3) is 0.583. The summed E-state index contributed by atoms with van der Waals surface area (Å²) >= 11 is 0. The van der Waals surface area contributed by atoms with E-state index >= 15 is 0 Å². The first-order valence-electron chi connectivity index (χ1n) is 10.9. The van der Waals surface area contributed by atoms with Crippen LogP contribution in [0, 0.1) is 13.8 Å². The Kier molecular flexibility index (Phi) is 9.47. The van der Waals surface area contributed by atoms with Gasteiger partial charge < -0.3 is 33.2 Å². The van der Waals surface area contributed by atoms with Gasteiger partial charge in [0.2, 0.25) is 0 Å². The minimum absolute atomic E-state index is 0.321. The number of carbonyl (C=O) groups excluding carboxylic acids is 4. The van der Waals surface area contributed by atoms with Crippen molar-refractivity contribution in [1.29, 1.82) is 0 Å². The van der Waals surface area contributed by atoms with Crippen molar-refractivity contribution in [2.24, 2.45) is 0 Å². The molecule has 0 aromatic heterocycles. The van der Waals surface area contributed by atoms with Crippen LogP contribution in [0.1, 0.15) is 50.5 Å². The average molecular weight is 497 g/mol. The SMILES string of the molecule is COc1cc(C)c(OC)c(C)c1[C@@H]1O[C@H](COC(C)=O)[C@@H](OC(C)=O)[C@H](OC(C)=O)[C@H]1OC(C)=O. The molecule has 1 aromatic rings. The van der Waals surface area contributed by atoms with Crippen molar-refractivity contribution >= 4 is 23.9 Å². The Morgan fingerprint density at radius 3 is 1.83 bits per heavy atom. The monoisotopic (exact) mass is 496 g/mol. The van der Waals surface area contributed by atoms with Gasteiger partial charge in [-0.3, -0.25) is 19.2 Å². The van der Waals surface area contributed by atoms with Crippen molar-refractivity contribution in [1.82, 2.24) is 0 Å². The molecular weight excluding hydrogens is 464 g/mol. The lowest BCUT2D eigenvalue weighted by Crippen LogP contribution is -2.59. The molecule has 0 unspecified atom stereocenters. The molecule has 0 saturated carbocycles. The average Bonchev–Trinajstić information content (AvgIpc) is 2.74. The van der Waals surface area contributed by atoms with Gasteiger partial charge in [-0.25, -0.2) is 0 Å². The zero-order valence-corrected chi connectivity index (χ0v) is 21.2. The molecule has 1 heterocycles. The lowest BCUT2D eigenvalue weighted by molar-refractivity contribution is -0.254. The summed E-state index contributed by atoms with van der Waals surface area (Å²) in [7, 11) is 2.98. The second-order valence-corrected chi connectivity index (χ2v) is 8.09. The molecular formula is C24H32O11. The topological polar surface area (TPSA) is 133 Å². The summed E-state index contributed by atoms with van der Waals surface area (Å²) < 4.78 is 39.1. The lowest BCUT2D eigenvalue weighted by Gasteiger charge is -2.45. The van der Waals surface area contributed by atoms with Crippen LogP contribution >= 0.6 is 0 Å². The van der Waals surface area contributed by atoms with E-state index in [0.717, 1.165) is 5.56 Å². The first-order chi connectivity index (χ1) is 16.4. The highest BCUT2D eigenvalue weighted by molar-refractivity contribution is 5.69. The third-order valence-electron chi connectivity index (χ3n) is 5.42. The van der Waals surface area contributed by atoms with E-state index < -0.39 is 54.4 Å². The summed E-state index contributed by atoms with van der Waals surface area (Å²) in [4.78, 5) is 47.6. The number of carbonyl (C=O) groups is 4. The number of aryl methyl sites for hydroxylation is 1. The molecule has 1 saturated heterocycles. The van der Waals surface area contributed by atoms with Gasteiger partial charge in [0.1, 0.15) is 30.3 Å². The summed E-state index contributed by atoms with van der Waals surface area (Å²) in [5.41, 5.74) is 1.88. The zero-order valence-electron chi connectivity index (χ0n) is 21.2. The first kappa shape index (κ1) is 27.9. The molecule has 35 heavy (non-hydrogen) atoms. The highest BCUT2D eigenvalue weighted by Crippen LogP contribution is 2.45. The van der Waals surface area contributed by atoms with Gasteiger partial charge in [0.15, 0.2) is 18.3 Å². The Labute approximate surface area is 203 Å². The van der Waals surface area contributed by atoms with Crippen LogP contribution < -0.4 is 9.47 Å². The third kappa shape index (κ3) is 6.62. The van der Waals surface area contributed by atoms with Gasteiger partial charge in [0.25, 0.3) is 0 Å². The van der Waals surface area contributed by atoms with Crippen LogP contribution in [-0.2, 0) is 42.9 Å². The Morgan fingerprint density at radius 1 is 0.800 bits per heavy atom. The van der Waals surface area contributed by atoms with E-state index in [1.807, 2.05) is 6.92 Å². The van der Waals surface area contributed by atoms with E-state index in [0.29, 0.717) is 22.6 Å². The van der Waals surface area contributed by atoms with E-state index in [1.54, 1.807) is 13.0 Å². The van der Waals surface area contributed by atoms with E-state index in [4.69, 9.17) is 33.2 Å². The fourth-order valence-electron chi connectivity index (χ4n) is 4.24. The summed E-state index contributed by atoms with van der Waals surface area (Å²) in [6.45, 7) is 8.03. The van der Waals surface area contributed by atoms with Crippen molar-refractivity contribution in [3.05, 3.63) is 22.8 Å². The normalized spacial score (nSPS) is 23.6. The van der Waals surface area contributed by atoms with Crippen LogP contribution in [0.15, 0.2) is 6.07 Å². The van der Waals surface area contributed by atoms with E-state index in [-0.39, 0.29) is 6.61 Å². The largest absolute Gasteiger partial charge is 0.496 e. The van der Waals surface area contributed by atoms with Gasteiger partial charge in [-0.2, -0.15) is 0 Å². The maximum Gasteiger partial charge on any atom is 0.303 e. The molecule has 0 amide bonds. The second-order valence-electron chi connectivity index (χ2n) is 8.09. The molecule has 5 atom stereocenters. The zero-order chi connectivity index (χ0) is 26.4. The molecule has 11 heteroatoms. The first-order valence-corrected chi connectivity index (χ1v) is 10.9. The van der Waals surface area contributed by atoms with Gasteiger partial charge in [-0.05, 0) is 25.5 Å². The Hall–Kier alpha value is -3.34. The summed E-state index contributed by atoms with van der Waals surface area (Å²) in [5, 5.41) is 0.